The molecule has 1 saturated heterocycles. The van der Waals surface area contributed by atoms with Crippen molar-refractivity contribution in [3.8, 4) is 0 Å². The monoisotopic (exact) mass is 422 g/mol. The summed E-state index contributed by atoms with van der Waals surface area (Å²) in [7, 11) is 0. The van der Waals surface area contributed by atoms with Crippen LogP contribution in [0.25, 0.3) is 11.0 Å². The van der Waals surface area contributed by atoms with E-state index in [0.717, 1.165) is 18.4 Å². The fraction of sp³-hybridized carbons (Fsp3) is 0.304. The zero-order valence-electron chi connectivity index (χ0n) is 17.2. The maximum absolute atomic E-state index is 13.0. The molecule has 0 unspecified atom stereocenters. The minimum Gasteiger partial charge on any atom is -0.350 e. The van der Waals surface area contributed by atoms with E-state index >= 15 is 0 Å². The lowest BCUT2D eigenvalue weighted by Crippen LogP contribution is -2.34. The molecule has 1 N–H and O–H groups in total. The molecule has 8 heteroatoms. The molecule has 0 spiro atoms. The number of carbonyl (C=O) groups excluding carboxylic acids is 2. The van der Waals surface area contributed by atoms with Crippen molar-refractivity contribution in [1.29, 1.82) is 0 Å². The number of hydrogen-bond acceptors (Lipinski definition) is 4. The van der Waals surface area contributed by atoms with Crippen LogP contribution in [-0.4, -0.2) is 39.4 Å². The Morgan fingerprint density at radius 1 is 1.10 bits per heavy atom. The summed E-state index contributed by atoms with van der Waals surface area (Å²) in [5.41, 5.74) is 1.50. The Labute approximate surface area is 178 Å². The van der Waals surface area contributed by atoms with Crippen LogP contribution < -0.4 is 10.7 Å². The van der Waals surface area contributed by atoms with Gasteiger partial charge in [-0.1, -0.05) is 12.1 Å². The van der Waals surface area contributed by atoms with Crippen molar-refractivity contribution in [2.75, 3.05) is 13.1 Å². The van der Waals surface area contributed by atoms with Gasteiger partial charge in [0.1, 0.15) is 23.6 Å². The molecule has 31 heavy (non-hydrogen) atoms. The molecule has 1 aliphatic heterocycles. The molecule has 0 radical (unpaired) electrons. The van der Waals surface area contributed by atoms with Gasteiger partial charge in [-0.25, -0.2) is 9.37 Å². The number of amides is 2. The lowest BCUT2D eigenvalue weighted by atomic mass is 10.1. The maximum Gasteiger partial charge on any atom is 0.259 e. The summed E-state index contributed by atoms with van der Waals surface area (Å²) in [6.07, 6.45) is 3.27. The summed E-state index contributed by atoms with van der Waals surface area (Å²) in [6.45, 7) is 3.19. The van der Waals surface area contributed by atoms with Crippen molar-refractivity contribution in [2.24, 2.45) is 0 Å². The molecule has 0 atom stereocenters. The molecule has 0 saturated carbocycles. The molecule has 1 fully saturated rings. The summed E-state index contributed by atoms with van der Waals surface area (Å²) in [6, 6.07) is 9.23. The van der Waals surface area contributed by atoms with Gasteiger partial charge in [-0.05, 0) is 49.6 Å². The molecule has 4 rings (SSSR count). The van der Waals surface area contributed by atoms with Crippen molar-refractivity contribution in [1.82, 2.24) is 19.8 Å². The average molecular weight is 422 g/mol. The second-order valence-corrected chi connectivity index (χ2v) is 7.73. The first-order valence-electron chi connectivity index (χ1n) is 10.2. The second kappa shape index (κ2) is 8.67. The zero-order valence-corrected chi connectivity index (χ0v) is 17.2. The average Bonchev–Trinajstić information content (AvgIpc) is 3.30. The number of hydrogen-bond donors (Lipinski definition) is 1. The van der Waals surface area contributed by atoms with Crippen LogP contribution in [0.3, 0.4) is 0 Å². The second-order valence-electron chi connectivity index (χ2n) is 7.73. The van der Waals surface area contributed by atoms with Crippen molar-refractivity contribution >= 4 is 22.8 Å². The molecule has 7 nitrogen and oxygen atoms in total. The SMILES string of the molecule is Cc1ccc2c(=O)c(C(=O)N3CCCC3)cn(CC(=O)NCc3ccc(F)cc3)c2n1. The number of carbonyl (C=O) groups is 2. The summed E-state index contributed by atoms with van der Waals surface area (Å²) in [5, 5.41) is 3.09. The fourth-order valence-electron chi connectivity index (χ4n) is 3.74. The highest BCUT2D eigenvalue weighted by atomic mass is 19.1. The maximum atomic E-state index is 13.0. The van der Waals surface area contributed by atoms with E-state index in [1.807, 2.05) is 0 Å². The third-order valence-corrected chi connectivity index (χ3v) is 5.40. The van der Waals surface area contributed by atoms with Crippen LogP contribution in [-0.2, 0) is 17.9 Å². The Bertz CT molecular complexity index is 1200. The number of aromatic nitrogens is 2. The van der Waals surface area contributed by atoms with Crippen LogP contribution in [0, 0.1) is 12.7 Å². The number of nitrogens with zero attached hydrogens (tertiary/aromatic N) is 3. The summed E-state index contributed by atoms with van der Waals surface area (Å²) >= 11 is 0. The standard InChI is InChI=1S/C23H23FN4O3/c1-15-4-9-18-21(30)19(23(31)27-10-2-3-11-27)13-28(22(18)26-15)14-20(29)25-12-16-5-7-17(24)8-6-16/h4-9,13H,2-3,10-12,14H2,1H3,(H,25,29). The molecule has 1 aromatic carbocycles. The van der Waals surface area contributed by atoms with E-state index in [1.165, 1.54) is 18.3 Å². The van der Waals surface area contributed by atoms with Gasteiger partial charge in [0, 0.05) is 31.5 Å². The van der Waals surface area contributed by atoms with Gasteiger partial charge in [-0.3, -0.25) is 14.4 Å². The zero-order chi connectivity index (χ0) is 22.0. The number of nitrogens with one attached hydrogen (secondary N) is 1. The third kappa shape index (κ3) is 4.47. The predicted molar refractivity (Wildman–Crippen MR) is 114 cm³/mol. The summed E-state index contributed by atoms with van der Waals surface area (Å²) in [5.74, 6) is -0.964. The number of fused-ring (bicyclic) bond motifs is 1. The van der Waals surface area contributed by atoms with Crippen LogP contribution in [0.15, 0.2) is 47.4 Å². The van der Waals surface area contributed by atoms with Gasteiger partial charge in [0.05, 0.1) is 5.39 Å². The van der Waals surface area contributed by atoms with Gasteiger partial charge in [-0.2, -0.15) is 0 Å². The number of pyridine rings is 2. The number of benzene rings is 1. The van der Waals surface area contributed by atoms with Crippen molar-refractivity contribution in [3.63, 3.8) is 0 Å². The highest BCUT2D eigenvalue weighted by molar-refractivity contribution is 5.97. The van der Waals surface area contributed by atoms with Gasteiger partial charge in [0.25, 0.3) is 5.91 Å². The molecule has 1 aliphatic rings. The molecule has 2 aromatic heterocycles. The third-order valence-electron chi connectivity index (χ3n) is 5.40. The summed E-state index contributed by atoms with van der Waals surface area (Å²) < 4.78 is 14.6. The smallest absolute Gasteiger partial charge is 0.259 e. The van der Waals surface area contributed by atoms with E-state index in [-0.39, 0.29) is 41.7 Å². The number of rotatable bonds is 5. The van der Waals surface area contributed by atoms with E-state index in [0.29, 0.717) is 29.8 Å². The predicted octanol–water partition coefficient (Wildman–Crippen LogP) is 2.40. The lowest BCUT2D eigenvalue weighted by Gasteiger charge is -2.17. The van der Waals surface area contributed by atoms with Gasteiger partial charge >= 0.3 is 0 Å². The van der Waals surface area contributed by atoms with Crippen molar-refractivity contribution in [3.05, 3.63) is 75.5 Å². The first kappa shape index (κ1) is 20.7. The first-order valence-corrected chi connectivity index (χ1v) is 10.2. The van der Waals surface area contributed by atoms with Crippen LogP contribution in [0.4, 0.5) is 4.39 Å². The Morgan fingerprint density at radius 2 is 1.81 bits per heavy atom. The van der Waals surface area contributed by atoms with E-state index in [2.05, 4.69) is 10.3 Å². The van der Waals surface area contributed by atoms with E-state index in [4.69, 9.17) is 0 Å². The van der Waals surface area contributed by atoms with Crippen molar-refractivity contribution in [2.45, 2.75) is 32.9 Å². The molecular formula is C23H23FN4O3. The molecular weight excluding hydrogens is 399 g/mol. The lowest BCUT2D eigenvalue weighted by molar-refractivity contribution is -0.121. The molecule has 2 amide bonds. The van der Waals surface area contributed by atoms with E-state index in [1.54, 1.807) is 40.7 Å². The van der Waals surface area contributed by atoms with Gasteiger partial charge in [0.15, 0.2) is 0 Å². The van der Waals surface area contributed by atoms with E-state index < -0.39 is 0 Å². The van der Waals surface area contributed by atoms with Crippen LogP contribution in [0.5, 0.6) is 0 Å². The molecule has 3 aromatic rings. The topological polar surface area (TPSA) is 84.3 Å². The molecule has 160 valence electrons. The van der Waals surface area contributed by atoms with Crippen LogP contribution in [0.1, 0.15) is 34.5 Å². The Morgan fingerprint density at radius 3 is 2.52 bits per heavy atom. The first-order chi connectivity index (χ1) is 14.9. The minimum atomic E-state index is -0.373. The highest BCUT2D eigenvalue weighted by Crippen LogP contribution is 2.15. The fourth-order valence-corrected chi connectivity index (χ4v) is 3.74. The number of halogens is 1. The Hall–Kier alpha value is -3.55. The highest BCUT2D eigenvalue weighted by Gasteiger charge is 2.24. The van der Waals surface area contributed by atoms with Crippen LogP contribution >= 0.6 is 0 Å². The molecule has 0 bridgehead atoms. The number of aryl methyl sites for hydroxylation is 1. The molecule has 0 aliphatic carbocycles. The van der Waals surface area contributed by atoms with Gasteiger partial charge in [0.2, 0.25) is 11.3 Å². The summed E-state index contributed by atoms with van der Waals surface area (Å²) in [4.78, 5) is 44.6. The minimum absolute atomic E-state index is 0.0476. The number of likely N-dealkylation sites (tertiary alicyclic amines) is 1. The quantitative estimate of drug-likeness (QED) is 0.684. The van der Waals surface area contributed by atoms with E-state index in [9.17, 15) is 18.8 Å². The molecule has 3 heterocycles. The van der Waals surface area contributed by atoms with Crippen molar-refractivity contribution < 1.29 is 14.0 Å². The Kier molecular flexibility index (Phi) is 5.79. The largest absolute Gasteiger partial charge is 0.350 e. The van der Waals surface area contributed by atoms with Gasteiger partial charge in [-0.15, -0.1) is 0 Å². The normalized spacial score (nSPS) is 13.5. The Balaban J connectivity index is 1.63. The van der Waals surface area contributed by atoms with Gasteiger partial charge < -0.3 is 14.8 Å². The van der Waals surface area contributed by atoms with Crippen LogP contribution in [0.2, 0.25) is 0 Å².